The second-order valence-corrected chi connectivity index (χ2v) is 4.61. The number of carboxylic acids is 1. The van der Waals surface area contributed by atoms with Gasteiger partial charge >= 0.3 is 5.97 Å². The second kappa shape index (κ2) is 6.23. The highest BCUT2D eigenvalue weighted by Crippen LogP contribution is 2.29. The van der Waals surface area contributed by atoms with E-state index in [-0.39, 0.29) is 23.5 Å². The molecule has 0 aliphatic rings. The van der Waals surface area contributed by atoms with Gasteiger partial charge in [-0.2, -0.15) is 0 Å². The fourth-order valence-electron chi connectivity index (χ4n) is 1.88. The molecule has 0 fully saturated rings. The van der Waals surface area contributed by atoms with Crippen LogP contribution in [0.15, 0.2) is 42.5 Å². The van der Waals surface area contributed by atoms with Crippen LogP contribution in [0.25, 0.3) is 0 Å². The zero-order valence-electron chi connectivity index (χ0n) is 10.7. The third kappa shape index (κ3) is 3.29. The van der Waals surface area contributed by atoms with Crippen molar-refractivity contribution in [2.24, 2.45) is 0 Å². The molecule has 0 saturated carbocycles. The van der Waals surface area contributed by atoms with Crippen LogP contribution in [-0.4, -0.2) is 16.0 Å². The lowest BCUT2D eigenvalue weighted by molar-refractivity contribution is -0.384. The molecule has 0 saturated heterocycles. The van der Waals surface area contributed by atoms with E-state index in [0.29, 0.717) is 10.6 Å². The van der Waals surface area contributed by atoms with Gasteiger partial charge in [0.25, 0.3) is 5.69 Å². The number of anilines is 1. The van der Waals surface area contributed by atoms with Crippen LogP contribution in [0.4, 0.5) is 11.4 Å². The number of nitrogens with zero attached hydrogens (tertiary/aromatic N) is 1. The van der Waals surface area contributed by atoms with E-state index in [0.717, 1.165) is 0 Å². The minimum atomic E-state index is -1.24. The summed E-state index contributed by atoms with van der Waals surface area (Å²) >= 11 is 6.00. The molecule has 0 unspecified atom stereocenters. The van der Waals surface area contributed by atoms with Gasteiger partial charge in [0.2, 0.25) is 0 Å². The molecule has 0 heterocycles. The number of nitro benzene ring substituents is 1. The van der Waals surface area contributed by atoms with E-state index >= 15 is 0 Å². The molecule has 108 valence electrons. The average molecular weight is 307 g/mol. The number of para-hydroxylation sites is 1. The highest BCUT2D eigenvalue weighted by Gasteiger charge is 2.21. The normalized spacial score (nSPS) is 10.1. The maximum atomic E-state index is 11.2. The largest absolute Gasteiger partial charge is 0.478 e. The molecule has 0 amide bonds. The first kappa shape index (κ1) is 14.8. The number of hydrogen-bond donors (Lipinski definition) is 2. The van der Waals surface area contributed by atoms with E-state index in [9.17, 15) is 14.9 Å². The van der Waals surface area contributed by atoms with Gasteiger partial charge in [-0.25, -0.2) is 4.79 Å². The van der Waals surface area contributed by atoms with Gasteiger partial charge in [0.15, 0.2) is 0 Å². The number of nitro groups is 1. The van der Waals surface area contributed by atoms with Gasteiger partial charge in [-0.3, -0.25) is 10.1 Å². The minimum Gasteiger partial charge on any atom is -0.478 e. The van der Waals surface area contributed by atoms with Gasteiger partial charge in [0.05, 0.1) is 10.5 Å². The first-order valence-electron chi connectivity index (χ1n) is 5.98. The van der Waals surface area contributed by atoms with E-state index in [1.807, 2.05) is 0 Å². The van der Waals surface area contributed by atoms with E-state index in [2.05, 4.69) is 5.32 Å². The van der Waals surface area contributed by atoms with Crippen LogP contribution >= 0.6 is 11.6 Å². The smallest absolute Gasteiger partial charge is 0.338 e. The molecule has 0 atom stereocenters. The summed E-state index contributed by atoms with van der Waals surface area (Å²) in [5.41, 5.74) is 0.238. The maximum absolute atomic E-state index is 11.2. The van der Waals surface area contributed by atoms with Crippen LogP contribution in [-0.2, 0) is 6.54 Å². The summed E-state index contributed by atoms with van der Waals surface area (Å²) in [6, 6.07) is 10.9. The number of carbonyl (C=O) groups is 1. The Hall–Kier alpha value is -2.60. The van der Waals surface area contributed by atoms with Gasteiger partial charge in [-0.1, -0.05) is 35.9 Å². The first-order valence-corrected chi connectivity index (χ1v) is 6.36. The summed E-state index contributed by atoms with van der Waals surface area (Å²) in [6.07, 6.45) is 0. The summed E-state index contributed by atoms with van der Waals surface area (Å²) in [7, 11) is 0. The van der Waals surface area contributed by atoms with Crippen molar-refractivity contribution in [1.82, 2.24) is 0 Å². The lowest BCUT2D eigenvalue weighted by Crippen LogP contribution is -2.09. The predicted molar refractivity (Wildman–Crippen MR) is 78.8 cm³/mol. The fraction of sp³-hybridized carbons (Fsp3) is 0.0714. The Balaban J connectivity index is 2.36. The molecule has 0 radical (unpaired) electrons. The third-order valence-electron chi connectivity index (χ3n) is 2.88. The second-order valence-electron chi connectivity index (χ2n) is 4.21. The molecular weight excluding hydrogens is 296 g/mol. The Kier molecular flexibility index (Phi) is 4.39. The number of benzene rings is 2. The van der Waals surface area contributed by atoms with Crippen molar-refractivity contribution in [3.05, 3.63) is 68.7 Å². The highest BCUT2D eigenvalue weighted by atomic mass is 35.5. The van der Waals surface area contributed by atoms with Crippen LogP contribution in [0.2, 0.25) is 5.02 Å². The Morgan fingerprint density at radius 1 is 1.24 bits per heavy atom. The molecule has 2 aromatic carbocycles. The number of carboxylic acid groups (broad SMARTS) is 1. The van der Waals surface area contributed by atoms with Gasteiger partial charge < -0.3 is 10.4 Å². The summed E-state index contributed by atoms with van der Waals surface area (Å²) in [5.74, 6) is -1.24. The van der Waals surface area contributed by atoms with Crippen molar-refractivity contribution in [1.29, 1.82) is 0 Å². The summed E-state index contributed by atoms with van der Waals surface area (Å²) in [5, 5.41) is 23.5. The lowest BCUT2D eigenvalue weighted by Gasteiger charge is -2.11. The van der Waals surface area contributed by atoms with Crippen molar-refractivity contribution in [3.63, 3.8) is 0 Å². The Labute approximate surface area is 125 Å². The molecule has 0 spiro atoms. The van der Waals surface area contributed by atoms with Crippen molar-refractivity contribution in [2.45, 2.75) is 6.54 Å². The van der Waals surface area contributed by atoms with Crippen LogP contribution in [0.5, 0.6) is 0 Å². The molecule has 6 nitrogen and oxygen atoms in total. The van der Waals surface area contributed by atoms with Gasteiger partial charge in [0, 0.05) is 17.6 Å². The minimum absolute atomic E-state index is 0.0325. The molecule has 0 aromatic heterocycles. The van der Waals surface area contributed by atoms with Crippen LogP contribution in [0, 0.1) is 10.1 Å². The third-order valence-corrected chi connectivity index (χ3v) is 3.25. The standard InChI is InChI=1S/C14H11ClN2O4/c15-11-6-2-1-4-9(11)8-16-13-10(14(18)19)5-3-7-12(13)17(20)21/h1-7,16H,8H2,(H,18,19). The summed E-state index contributed by atoms with van der Waals surface area (Å²) < 4.78 is 0. The number of rotatable bonds is 5. The van der Waals surface area contributed by atoms with Gasteiger partial charge in [-0.05, 0) is 17.7 Å². The molecular formula is C14H11ClN2O4. The molecule has 0 aliphatic heterocycles. The molecule has 21 heavy (non-hydrogen) atoms. The Morgan fingerprint density at radius 3 is 2.57 bits per heavy atom. The zero-order chi connectivity index (χ0) is 15.4. The quantitative estimate of drug-likeness (QED) is 0.651. The number of halogens is 1. The molecule has 2 rings (SSSR count). The summed E-state index contributed by atoms with van der Waals surface area (Å²) in [4.78, 5) is 21.6. The van der Waals surface area contributed by atoms with Crippen LogP contribution < -0.4 is 5.32 Å². The van der Waals surface area contributed by atoms with Crippen molar-refractivity contribution < 1.29 is 14.8 Å². The fourth-order valence-corrected chi connectivity index (χ4v) is 2.08. The first-order chi connectivity index (χ1) is 10.0. The van der Waals surface area contributed by atoms with Crippen molar-refractivity contribution >= 4 is 28.9 Å². The number of aromatic carboxylic acids is 1. The Morgan fingerprint density at radius 2 is 1.95 bits per heavy atom. The van der Waals surface area contributed by atoms with Crippen LogP contribution in [0.1, 0.15) is 15.9 Å². The van der Waals surface area contributed by atoms with Crippen molar-refractivity contribution in [3.8, 4) is 0 Å². The lowest BCUT2D eigenvalue weighted by atomic mass is 10.1. The topological polar surface area (TPSA) is 92.5 Å². The number of nitrogens with one attached hydrogen (secondary N) is 1. The average Bonchev–Trinajstić information content (AvgIpc) is 2.45. The van der Waals surface area contributed by atoms with E-state index < -0.39 is 10.9 Å². The molecule has 2 aromatic rings. The monoisotopic (exact) mass is 306 g/mol. The SMILES string of the molecule is O=C(O)c1cccc([N+](=O)[O-])c1NCc1ccccc1Cl. The maximum Gasteiger partial charge on any atom is 0.338 e. The van der Waals surface area contributed by atoms with E-state index in [1.165, 1.54) is 18.2 Å². The molecule has 0 bridgehead atoms. The van der Waals surface area contributed by atoms with Gasteiger partial charge in [-0.15, -0.1) is 0 Å². The van der Waals surface area contributed by atoms with E-state index in [1.54, 1.807) is 24.3 Å². The molecule has 7 heteroatoms. The van der Waals surface area contributed by atoms with Crippen LogP contribution in [0.3, 0.4) is 0 Å². The zero-order valence-corrected chi connectivity index (χ0v) is 11.5. The highest BCUT2D eigenvalue weighted by molar-refractivity contribution is 6.31. The summed E-state index contributed by atoms with van der Waals surface area (Å²) in [6.45, 7) is 0.185. The Bertz CT molecular complexity index is 671. The van der Waals surface area contributed by atoms with E-state index in [4.69, 9.17) is 16.7 Å². The number of hydrogen-bond acceptors (Lipinski definition) is 4. The molecule has 2 N–H and O–H groups in total. The predicted octanol–water partition coefficient (Wildman–Crippen LogP) is 3.56. The van der Waals surface area contributed by atoms with Crippen molar-refractivity contribution in [2.75, 3.05) is 5.32 Å². The molecule has 0 aliphatic carbocycles. The van der Waals surface area contributed by atoms with Gasteiger partial charge in [0.1, 0.15) is 5.69 Å².